The SMILES string of the molecule is CCCC1CCC(C(F)(F)Oc2ccc(C3CCC(CC)CC3)c(C(F)F)c2F)CC1. The minimum atomic E-state index is -3.57. The molecule has 0 N–H and O–H groups in total. The number of alkyl halides is 4. The monoisotopic (exact) mass is 446 g/mol. The number of ether oxygens (including phenoxy) is 1. The molecule has 2 saturated carbocycles. The first-order valence-corrected chi connectivity index (χ1v) is 11.9. The van der Waals surface area contributed by atoms with Crippen LogP contribution < -0.4 is 4.74 Å². The summed E-state index contributed by atoms with van der Waals surface area (Å²) in [5.41, 5.74) is -0.516. The van der Waals surface area contributed by atoms with Gasteiger partial charge in [-0.1, -0.05) is 39.2 Å². The number of rotatable bonds is 8. The van der Waals surface area contributed by atoms with Crippen LogP contribution >= 0.6 is 0 Å². The summed E-state index contributed by atoms with van der Waals surface area (Å²) in [6, 6.07) is 2.50. The second kappa shape index (κ2) is 10.5. The van der Waals surface area contributed by atoms with Crippen molar-refractivity contribution < 1.29 is 26.7 Å². The van der Waals surface area contributed by atoms with Crippen LogP contribution in [0.3, 0.4) is 0 Å². The highest BCUT2D eigenvalue weighted by Gasteiger charge is 2.45. The molecule has 2 fully saturated rings. The maximum Gasteiger partial charge on any atom is 0.400 e. The van der Waals surface area contributed by atoms with E-state index >= 15 is 4.39 Å². The molecule has 0 unspecified atom stereocenters. The van der Waals surface area contributed by atoms with Crippen molar-refractivity contribution in [2.24, 2.45) is 17.8 Å². The summed E-state index contributed by atoms with van der Waals surface area (Å²) in [5.74, 6) is -2.25. The highest BCUT2D eigenvalue weighted by Crippen LogP contribution is 2.45. The molecule has 1 aromatic rings. The molecule has 0 aromatic heterocycles. The lowest BCUT2D eigenvalue weighted by atomic mass is 9.76. The molecule has 1 nitrogen and oxygen atoms in total. The molecule has 2 aliphatic carbocycles. The average molecular weight is 447 g/mol. The van der Waals surface area contributed by atoms with Crippen LogP contribution in [0.25, 0.3) is 0 Å². The van der Waals surface area contributed by atoms with Crippen LogP contribution in [0.15, 0.2) is 12.1 Å². The Morgan fingerprint density at radius 2 is 1.55 bits per heavy atom. The first-order valence-electron chi connectivity index (χ1n) is 11.9. The quantitative estimate of drug-likeness (QED) is 0.362. The third-order valence-corrected chi connectivity index (χ3v) is 7.53. The molecule has 0 heterocycles. The second-order valence-electron chi connectivity index (χ2n) is 9.48. The normalized spacial score (nSPS) is 27.5. The summed E-state index contributed by atoms with van der Waals surface area (Å²) in [6.07, 6.45) is 1.73. The van der Waals surface area contributed by atoms with Crippen molar-refractivity contribution in [3.63, 3.8) is 0 Å². The summed E-state index contributed by atoms with van der Waals surface area (Å²) < 4.78 is 76.9. The molecule has 0 radical (unpaired) electrons. The van der Waals surface area contributed by atoms with Gasteiger partial charge in [-0.15, -0.1) is 0 Å². The van der Waals surface area contributed by atoms with Gasteiger partial charge in [0.25, 0.3) is 6.43 Å². The molecular weight excluding hydrogens is 411 g/mol. The minimum Gasteiger partial charge on any atom is -0.429 e. The van der Waals surface area contributed by atoms with Gasteiger partial charge in [0.15, 0.2) is 11.6 Å². The number of hydrogen-bond acceptors (Lipinski definition) is 1. The van der Waals surface area contributed by atoms with Crippen LogP contribution in [0.1, 0.15) is 108 Å². The smallest absolute Gasteiger partial charge is 0.400 e. The predicted molar refractivity (Wildman–Crippen MR) is 112 cm³/mol. The Kier molecular flexibility index (Phi) is 8.25. The Morgan fingerprint density at radius 1 is 0.935 bits per heavy atom. The lowest BCUT2D eigenvalue weighted by Gasteiger charge is -2.33. The fourth-order valence-corrected chi connectivity index (χ4v) is 5.55. The van der Waals surface area contributed by atoms with Crippen molar-refractivity contribution >= 4 is 0 Å². The first kappa shape index (κ1) is 24.3. The van der Waals surface area contributed by atoms with Crippen molar-refractivity contribution in [3.8, 4) is 5.75 Å². The fraction of sp³-hybridized carbons (Fsp3) is 0.760. The van der Waals surface area contributed by atoms with E-state index in [1.807, 2.05) is 0 Å². The molecule has 0 atom stereocenters. The van der Waals surface area contributed by atoms with Gasteiger partial charge in [0.05, 0.1) is 11.5 Å². The van der Waals surface area contributed by atoms with E-state index in [0.29, 0.717) is 37.5 Å². The molecule has 0 spiro atoms. The minimum absolute atomic E-state index is 0.162. The molecule has 0 bridgehead atoms. The second-order valence-corrected chi connectivity index (χ2v) is 9.48. The van der Waals surface area contributed by atoms with E-state index in [1.54, 1.807) is 0 Å². The van der Waals surface area contributed by atoms with Crippen LogP contribution in [-0.4, -0.2) is 6.11 Å². The van der Waals surface area contributed by atoms with Crippen LogP contribution in [-0.2, 0) is 0 Å². The van der Waals surface area contributed by atoms with Crippen molar-refractivity contribution in [1.29, 1.82) is 0 Å². The van der Waals surface area contributed by atoms with Gasteiger partial charge in [-0.25, -0.2) is 13.2 Å². The zero-order valence-corrected chi connectivity index (χ0v) is 18.6. The number of hydrogen-bond donors (Lipinski definition) is 0. The first-order chi connectivity index (χ1) is 14.8. The Labute approximate surface area is 182 Å². The van der Waals surface area contributed by atoms with Crippen molar-refractivity contribution in [3.05, 3.63) is 29.1 Å². The van der Waals surface area contributed by atoms with E-state index in [-0.39, 0.29) is 11.5 Å². The highest BCUT2D eigenvalue weighted by atomic mass is 19.3. The molecule has 6 heteroatoms. The van der Waals surface area contributed by atoms with Gasteiger partial charge >= 0.3 is 6.11 Å². The highest BCUT2D eigenvalue weighted by molar-refractivity contribution is 5.41. The Hall–Kier alpha value is -1.33. The molecule has 0 aliphatic heterocycles. The van der Waals surface area contributed by atoms with Crippen molar-refractivity contribution in [1.82, 2.24) is 0 Å². The molecule has 3 rings (SSSR count). The van der Waals surface area contributed by atoms with Gasteiger partial charge in [0.2, 0.25) is 0 Å². The third kappa shape index (κ3) is 5.73. The molecule has 0 amide bonds. The summed E-state index contributed by atoms with van der Waals surface area (Å²) in [7, 11) is 0. The Morgan fingerprint density at radius 3 is 2.10 bits per heavy atom. The van der Waals surface area contributed by atoms with E-state index in [4.69, 9.17) is 4.74 Å². The fourth-order valence-electron chi connectivity index (χ4n) is 5.55. The zero-order valence-electron chi connectivity index (χ0n) is 18.6. The van der Waals surface area contributed by atoms with Crippen LogP contribution in [0.2, 0.25) is 0 Å². The number of halogens is 5. The molecule has 176 valence electrons. The van der Waals surface area contributed by atoms with Crippen molar-refractivity contribution in [2.45, 2.75) is 103 Å². The Bertz CT molecular complexity index is 704. The predicted octanol–water partition coefficient (Wildman–Crippen LogP) is 9.03. The van der Waals surface area contributed by atoms with Gasteiger partial charge in [-0.3, -0.25) is 0 Å². The zero-order chi connectivity index (χ0) is 22.6. The standard InChI is InChI=1S/C25H35F5O/c1-3-5-17-8-12-19(13-9-17)25(29,30)31-21-15-14-20(22(23(21)26)24(27)28)18-10-6-16(4-2)7-11-18/h14-19,24H,3-13H2,1-2H3. The third-order valence-electron chi connectivity index (χ3n) is 7.53. The van der Waals surface area contributed by atoms with Crippen LogP contribution in [0.5, 0.6) is 5.75 Å². The van der Waals surface area contributed by atoms with Crippen LogP contribution in [0.4, 0.5) is 22.0 Å². The summed E-state index contributed by atoms with van der Waals surface area (Å²) >= 11 is 0. The van der Waals surface area contributed by atoms with E-state index in [0.717, 1.165) is 51.0 Å². The molecule has 31 heavy (non-hydrogen) atoms. The maximum atomic E-state index is 15.0. The van der Waals surface area contributed by atoms with Crippen LogP contribution in [0, 0.1) is 23.6 Å². The van der Waals surface area contributed by atoms with Crippen molar-refractivity contribution in [2.75, 3.05) is 0 Å². The van der Waals surface area contributed by atoms with Gasteiger partial charge in [-0.2, -0.15) is 8.78 Å². The molecule has 0 saturated heterocycles. The van der Waals surface area contributed by atoms with Gasteiger partial charge in [-0.05, 0) is 80.8 Å². The summed E-state index contributed by atoms with van der Waals surface area (Å²) in [6.45, 7) is 4.18. The number of benzene rings is 1. The lowest BCUT2D eigenvalue weighted by molar-refractivity contribution is -0.224. The largest absolute Gasteiger partial charge is 0.429 e. The lowest BCUT2D eigenvalue weighted by Crippen LogP contribution is -2.37. The van der Waals surface area contributed by atoms with Gasteiger partial charge < -0.3 is 4.74 Å². The van der Waals surface area contributed by atoms with Gasteiger partial charge in [0.1, 0.15) is 0 Å². The Balaban J connectivity index is 1.75. The summed E-state index contributed by atoms with van der Waals surface area (Å²) in [4.78, 5) is 0. The van der Waals surface area contributed by atoms with E-state index in [1.165, 1.54) is 6.07 Å². The molecule has 2 aliphatic rings. The maximum absolute atomic E-state index is 15.0. The molecular formula is C25H35F5O. The van der Waals surface area contributed by atoms with E-state index in [9.17, 15) is 17.6 Å². The van der Waals surface area contributed by atoms with Gasteiger partial charge in [0, 0.05) is 0 Å². The van der Waals surface area contributed by atoms with E-state index < -0.39 is 35.6 Å². The average Bonchev–Trinajstić information content (AvgIpc) is 2.75. The molecule has 1 aromatic carbocycles. The topological polar surface area (TPSA) is 9.23 Å². The van der Waals surface area contributed by atoms with E-state index in [2.05, 4.69) is 13.8 Å². The summed E-state index contributed by atoms with van der Waals surface area (Å²) in [5, 5.41) is 0.